The summed E-state index contributed by atoms with van der Waals surface area (Å²) in [5.74, 6) is 1.76. The molecule has 2 amide bonds. The topological polar surface area (TPSA) is 154 Å². The van der Waals surface area contributed by atoms with Crippen LogP contribution in [0.15, 0.2) is 110 Å². The standard InChI is InChI=1S/C22H22N6O.C15H16N4.C6H8N2/c1-15-11-17(6-9-24-15)19-4-5-20-21(26-19)28(18-7-10-27(20)14-18)22(29)25-13-16-3-2-8-23-12-16;1-10-8-11(4-6-16-10)13-2-3-14-15(18-13)17-12-5-7-19(14)9-12;7-4-6-2-1-3-8-5-6/h2-6,8-9,11-12,18H,7,10,13-14H2,1H3,(H,25,29);2-4,6,8,12H,5,7,9H2,1H3,(H,17,18);1-3,5H,4,7H2/t18-;12-;/m00./s1. The van der Waals surface area contributed by atoms with Crippen LogP contribution in [0.1, 0.15) is 35.4 Å². The molecule has 4 aliphatic rings. The molecule has 10 heterocycles. The molecule has 4 aliphatic heterocycles. The lowest BCUT2D eigenvalue weighted by Crippen LogP contribution is -2.50. The first-order chi connectivity index (χ1) is 27.4. The highest BCUT2D eigenvalue weighted by Gasteiger charge is 2.40. The average Bonchev–Trinajstić information content (AvgIpc) is 3.85. The Labute approximate surface area is 327 Å². The van der Waals surface area contributed by atoms with E-state index in [0.29, 0.717) is 19.1 Å². The molecule has 0 aromatic carbocycles. The molecule has 2 atom stereocenters. The number of nitrogens with two attached hydrogens (primary N) is 1. The number of carbonyl (C=O) groups is 1. The van der Waals surface area contributed by atoms with Crippen molar-refractivity contribution in [1.82, 2.24) is 35.2 Å². The SMILES string of the molecule is Cc1cc(-c2ccc3c(n2)N(C(=O)NCc2cccnc2)[C@H]2CCN3C2)ccn1.Cc1cc(-c2ccc3c(n2)N[C@H]2CCN3C2)ccn1.NCc1cccnc1. The van der Waals surface area contributed by atoms with E-state index >= 15 is 0 Å². The van der Waals surface area contributed by atoms with Crippen molar-refractivity contribution < 1.29 is 4.79 Å². The quantitative estimate of drug-likeness (QED) is 0.186. The fraction of sp³-hybridized carbons (Fsp3) is 0.279. The molecule has 13 heteroatoms. The van der Waals surface area contributed by atoms with E-state index in [2.05, 4.69) is 64.6 Å². The second-order valence-corrected chi connectivity index (χ2v) is 14.4. The Morgan fingerprint density at radius 3 is 2.05 bits per heavy atom. The van der Waals surface area contributed by atoms with Gasteiger partial charge in [0.05, 0.1) is 28.8 Å². The number of carbonyl (C=O) groups excluding carboxylic acids is 1. The summed E-state index contributed by atoms with van der Waals surface area (Å²) in [7, 11) is 0. The predicted molar refractivity (Wildman–Crippen MR) is 220 cm³/mol. The summed E-state index contributed by atoms with van der Waals surface area (Å²) in [5, 5.41) is 6.58. The first-order valence-electron chi connectivity index (χ1n) is 19.1. The Kier molecular flexibility index (Phi) is 10.8. The second-order valence-electron chi connectivity index (χ2n) is 14.4. The molecule has 0 aliphatic carbocycles. The lowest BCUT2D eigenvalue weighted by Gasteiger charge is -2.36. The van der Waals surface area contributed by atoms with E-state index in [1.807, 2.05) is 73.5 Å². The monoisotopic (exact) mass is 746 g/mol. The molecule has 284 valence electrons. The summed E-state index contributed by atoms with van der Waals surface area (Å²) in [6.07, 6.45) is 12.8. The van der Waals surface area contributed by atoms with Gasteiger partial charge in [0.15, 0.2) is 11.6 Å². The van der Waals surface area contributed by atoms with Crippen LogP contribution in [0.3, 0.4) is 0 Å². The molecule has 2 fully saturated rings. The van der Waals surface area contributed by atoms with Gasteiger partial charge in [0.2, 0.25) is 0 Å². The Hall–Kier alpha value is -6.47. The molecule has 0 radical (unpaired) electrons. The van der Waals surface area contributed by atoms with Gasteiger partial charge < -0.3 is 26.2 Å². The van der Waals surface area contributed by atoms with Gasteiger partial charge >= 0.3 is 6.03 Å². The summed E-state index contributed by atoms with van der Waals surface area (Å²) in [6.45, 7) is 9.04. The van der Waals surface area contributed by atoms with E-state index < -0.39 is 0 Å². The highest BCUT2D eigenvalue weighted by atomic mass is 16.2. The lowest BCUT2D eigenvalue weighted by molar-refractivity contribution is 0.243. The minimum Gasteiger partial charge on any atom is -0.366 e. The fourth-order valence-corrected chi connectivity index (χ4v) is 7.59. The first kappa shape index (κ1) is 36.5. The summed E-state index contributed by atoms with van der Waals surface area (Å²) < 4.78 is 0. The van der Waals surface area contributed by atoms with Crippen LogP contribution in [0, 0.1) is 13.8 Å². The highest BCUT2D eigenvalue weighted by Crippen LogP contribution is 2.40. The van der Waals surface area contributed by atoms with Crippen molar-refractivity contribution in [2.75, 3.05) is 46.2 Å². The molecular weight excluding hydrogens is 701 g/mol. The van der Waals surface area contributed by atoms with Crippen LogP contribution in [0.4, 0.5) is 27.8 Å². The first-order valence-corrected chi connectivity index (χ1v) is 19.1. The van der Waals surface area contributed by atoms with Gasteiger partial charge in [0.25, 0.3) is 0 Å². The molecule has 10 rings (SSSR count). The number of hydrogen-bond donors (Lipinski definition) is 3. The van der Waals surface area contributed by atoms with Crippen molar-refractivity contribution in [3.8, 4) is 22.5 Å². The number of anilines is 4. The molecule has 6 aromatic rings. The van der Waals surface area contributed by atoms with Crippen molar-refractivity contribution in [2.24, 2.45) is 5.73 Å². The third kappa shape index (κ3) is 8.13. The third-order valence-electron chi connectivity index (χ3n) is 10.4. The molecule has 6 aromatic heterocycles. The van der Waals surface area contributed by atoms with E-state index in [9.17, 15) is 4.79 Å². The van der Waals surface area contributed by atoms with E-state index in [1.54, 1.807) is 31.0 Å². The van der Waals surface area contributed by atoms with Crippen molar-refractivity contribution in [3.63, 3.8) is 0 Å². The van der Waals surface area contributed by atoms with Gasteiger partial charge in [-0.3, -0.25) is 24.8 Å². The van der Waals surface area contributed by atoms with Gasteiger partial charge in [0.1, 0.15) is 0 Å². The molecule has 56 heavy (non-hydrogen) atoms. The molecule has 2 saturated heterocycles. The van der Waals surface area contributed by atoms with Crippen LogP contribution >= 0.6 is 0 Å². The Morgan fingerprint density at radius 1 is 0.768 bits per heavy atom. The van der Waals surface area contributed by atoms with Crippen LogP contribution < -0.4 is 31.1 Å². The van der Waals surface area contributed by atoms with Gasteiger partial charge in [-0.2, -0.15) is 0 Å². The maximum atomic E-state index is 13.1. The largest absolute Gasteiger partial charge is 0.366 e. The van der Waals surface area contributed by atoms with E-state index in [1.165, 1.54) is 12.1 Å². The summed E-state index contributed by atoms with van der Waals surface area (Å²) in [5.41, 5.74) is 15.6. The number of fused-ring (bicyclic) bond motifs is 8. The molecular formula is C43H46N12O. The van der Waals surface area contributed by atoms with Gasteiger partial charge in [-0.15, -0.1) is 0 Å². The highest BCUT2D eigenvalue weighted by molar-refractivity contribution is 5.97. The van der Waals surface area contributed by atoms with Crippen molar-refractivity contribution in [2.45, 2.75) is 51.9 Å². The molecule has 4 N–H and O–H groups in total. The number of aryl methyl sites for hydroxylation is 2. The van der Waals surface area contributed by atoms with E-state index in [0.717, 1.165) is 95.0 Å². The minimum absolute atomic E-state index is 0.114. The lowest BCUT2D eigenvalue weighted by atomic mass is 10.1. The molecule has 4 bridgehead atoms. The fourth-order valence-electron chi connectivity index (χ4n) is 7.59. The maximum absolute atomic E-state index is 13.1. The van der Waals surface area contributed by atoms with Crippen LogP contribution in [0.25, 0.3) is 22.5 Å². The number of urea groups is 1. The summed E-state index contributed by atoms with van der Waals surface area (Å²) >= 11 is 0. The zero-order chi connectivity index (χ0) is 38.4. The van der Waals surface area contributed by atoms with Gasteiger partial charge in [-0.25, -0.2) is 14.8 Å². The number of aromatic nitrogens is 6. The second kappa shape index (κ2) is 16.5. The molecule has 13 nitrogen and oxygen atoms in total. The van der Waals surface area contributed by atoms with Crippen LogP contribution in [-0.2, 0) is 13.1 Å². The molecule has 0 spiro atoms. The number of nitrogens with zero attached hydrogens (tertiary/aromatic N) is 9. The van der Waals surface area contributed by atoms with Crippen molar-refractivity contribution in [1.29, 1.82) is 0 Å². The van der Waals surface area contributed by atoms with Gasteiger partial charge in [0, 0.05) is 105 Å². The maximum Gasteiger partial charge on any atom is 0.323 e. The normalized spacial score (nSPS) is 17.0. The number of hydrogen-bond acceptors (Lipinski definition) is 11. The van der Waals surface area contributed by atoms with Gasteiger partial charge in [-0.05, 0) is 98.5 Å². The number of rotatable bonds is 5. The van der Waals surface area contributed by atoms with Crippen LogP contribution in [-0.4, -0.2) is 74.2 Å². The van der Waals surface area contributed by atoms with Crippen molar-refractivity contribution in [3.05, 3.63) is 132 Å². The number of nitrogens with one attached hydrogen (secondary N) is 2. The summed E-state index contributed by atoms with van der Waals surface area (Å²) in [4.78, 5) is 45.9. The Balaban J connectivity index is 0.000000139. The van der Waals surface area contributed by atoms with Crippen LogP contribution in [0.2, 0.25) is 0 Å². The Morgan fingerprint density at radius 2 is 1.41 bits per heavy atom. The van der Waals surface area contributed by atoms with Gasteiger partial charge in [-0.1, -0.05) is 12.1 Å². The zero-order valence-electron chi connectivity index (χ0n) is 31.7. The molecule has 0 saturated carbocycles. The minimum atomic E-state index is -0.114. The summed E-state index contributed by atoms with van der Waals surface area (Å²) in [6, 6.07) is 24.7. The number of amides is 2. The van der Waals surface area contributed by atoms with E-state index in [-0.39, 0.29) is 12.1 Å². The van der Waals surface area contributed by atoms with Crippen molar-refractivity contribution >= 4 is 29.0 Å². The smallest absolute Gasteiger partial charge is 0.323 e. The average molecular weight is 747 g/mol. The Bertz CT molecular complexity index is 2290. The van der Waals surface area contributed by atoms with Crippen LogP contribution in [0.5, 0.6) is 0 Å². The van der Waals surface area contributed by atoms with E-state index in [4.69, 9.17) is 15.7 Å². The third-order valence-corrected chi connectivity index (χ3v) is 10.4. The predicted octanol–water partition coefficient (Wildman–Crippen LogP) is 6.15. The number of pyridine rings is 6. The molecule has 0 unspecified atom stereocenters. The zero-order valence-corrected chi connectivity index (χ0v) is 31.7.